The molecule has 8 nitrogen and oxygen atoms in total. The number of carbonyl (C=O) groups is 2. The molecule has 0 saturated carbocycles. The Bertz CT molecular complexity index is 844. The van der Waals surface area contributed by atoms with Crippen LogP contribution in [0, 0.1) is 18.8 Å². The van der Waals surface area contributed by atoms with Crippen molar-refractivity contribution < 1.29 is 14.3 Å². The first-order valence-corrected chi connectivity index (χ1v) is 10.7. The Labute approximate surface area is 183 Å². The van der Waals surface area contributed by atoms with Crippen LogP contribution >= 0.6 is 0 Å². The lowest BCUT2D eigenvalue weighted by Gasteiger charge is -2.37. The number of amides is 2. The first kappa shape index (κ1) is 22.7. The third-order valence-electron chi connectivity index (χ3n) is 5.31. The lowest BCUT2D eigenvalue weighted by Crippen LogP contribution is -2.48. The number of nitrogens with one attached hydrogen (secondary N) is 2. The van der Waals surface area contributed by atoms with Gasteiger partial charge in [-0.15, -0.1) is 0 Å². The van der Waals surface area contributed by atoms with Crippen LogP contribution in [0.4, 0.5) is 0 Å². The van der Waals surface area contributed by atoms with Crippen LogP contribution in [0.25, 0.3) is 0 Å². The van der Waals surface area contributed by atoms with Crippen LogP contribution in [0.3, 0.4) is 0 Å². The number of aryl methyl sites for hydroxylation is 1. The number of hydrogen-bond acceptors (Lipinski definition) is 6. The van der Waals surface area contributed by atoms with Gasteiger partial charge in [0.15, 0.2) is 0 Å². The van der Waals surface area contributed by atoms with Crippen molar-refractivity contribution in [1.82, 2.24) is 25.5 Å². The summed E-state index contributed by atoms with van der Waals surface area (Å²) in [6.45, 7) is 7.12. The van der Waals surface area contributed by atoms with E-state index in [1.165, 1.54) is 12.5 Å². The highest BCUT2D eigenvalue weighted by atomic mass is 16.5. The molecule has 8 heteroatoms. The maximum atomic E-state index is 12.8. The quantitative estimate of drug-likeness (QED) is 0.592. The van der Waals surface area contributed by atoms with Crippen molar-refractivity contribution in [3.8, 4) is 5.75 Å². The molecule has 1 saturated heterocycles. The number of carbonyl (C=O) groups excluding carboxylic acids is 2. The molecule has 1 fully saturated rings. The summed E-state index contributed by atoms with van der Waals surface area (Å²) >= 11 is 0. The minimum atomic E-state index is -0.127. The van der Waals surface area contributed by atoms with Gasteiger partial charge < -0.3 is 15.4 Å². The van der Waals surface area contributed by atoms with Crippen molar-refractivity contribution in [2.75, 3.05) is 32.8 Å². The molecule has 31 heavy (non-hydrogen) atoms. The Kier molecular flexibility index (Phi) is 8.35. The number of likely N-dealkylation sites (tertiary alicyclic amines) is 1. The minimum absolute atomic E-state index is 0.0202. The van der Waals surface area contributed by atoms with Crippen molar-refractivity contribution in [2.24, 2.45) is 11.8 Å². The monoisotopic (exact) mass is 425 g/mol. The van der Waals surface area contributed by atoms with E-state index in [9.17, 15) is 9.59 Å². The summed E-state index contributed by atoms with van der Waals surface area (Å²) in [6, 6.07) is 7.85. The maximum Gasteiger partial charge on any atom is 0.224 e. The topological polar surface area (TPSA) is 96.5 Å². The summed E-state index contributed by atoms with van der Waals surface area (Å²) in [7, 11) is 0. The Hall–Kier alpha value is -3.00. The number of rotatable bonds is 9. The van der Waals surface area contributed by atoms with Gasteiger partial charge in [0.05, 0.1) is 18.7 Å². The molecule has 2 N–H and O–H groups in total. The van der Waals surface area contributed by atoms with Gasteiger partial charge in [0.25, 0.3) is 0 Å². The largest absolute Gasteiger partial charge is 0.492 e. The number of aromatic nitrogens is 2. The van der Waals surface area contributed by atoms with Gasteiger partial charge in [-0.2, -0.15) is 0 Å². The van der Waals surface area contributed by atoms with E-state index in [2.05, 4.69) is 25.5 Å². The number of nitrogens with zero attached hydrogens (tertiary/aromatic N) is 3. The molecule has 2 amide bonds. The van der Waals surface area contributed by atoms with Gasteiger partial charge in [-0.25, -0.2) is 0 Å². The number of ether oxygens (including phenoxy) is 1. The third-order valence-corrected chi connectivity index (χ3v) is 5.31. The molecule has 0 aromatic carbocycles. The SMILES string of the molecule is CC(=O)NCCNC(=O)[C@@H]1C[C@H](COc2ccc(C)nc2)CN(Cc2ccncc2)C1. The standard InChI is InChI=1S/C23H31N5O3/c1-17-3-4-22(12-27-17)31-16-20-11-21(23(30)26-10-9-25-18(2)29)15-28(14-20)13-19-5-7-24-8-6-19/h3-8,12,20-21H,9-11,13-16H2,1-2H3,(H,25,29)(H,26,30)/t20-,21+/m0/s1. The van der Waals surface area contributed by atoms with Gasteiger partial charge in [0.2, 0.25) is 11.8 Å². The molecule has 0 bridgehead atoms. The predicted octanol–water partition coefficient (Wildman–Crippen LogP) is 1.55. The van der Waals surface area contributed by atoms with Gasteiger partial charge in [-0.1, -0.05) is 0 Å². The van der Waals surface area contributed by atoms with Crippen molar-refractivity contribution in [3.05, 3.63) is 54.1 Å². The van der Waals surface area contributed by atoms with Gasteiger partial charge in [-0.3, -0.25) is 24.5 Å². The zero-order chi connectivity index (χ0) is 22.1. The first-order valence-electron chi connectivity index (χ1n) is 10.7. The molecule has 2 atom stereocenters. The molecule has 1 aliphatic heterocycles. The molecule has 2 aromatic heterocycles. The average Bonchev–Trinajstić information content (AvgIpc) is 2.76. The summed E-state index contributed by atoms with van der Waals surface area (Å²) in [5, 5.41) is 5.65. The lowest BCUT2D eigenvalue weighted by molar-refractivity contribution is -0.128. The van der Waals surface area contributed by atoms with Crippen LogP contribution in [0.5, 0.6) is 5.75 Å². The summed E-state index contributed by atoms with van der Waals surface area (Å²) in [4.78, 5) is 34.5. The Morgan fingerprint density at radius 1 is 1.13 bits per heavy atom. The second kappa shape index (κ2) is 11.4. The van der Waals surface area contributed by atoms with E-state index in [-0.39, 0.29) is 23.7 Å². The van der Waals surface area contributed by atoms with Crippen molar-refractivity contribution >= 4 is 11.8 Å². The van der Waals surface area contributed by atoms with E-state index in [4.69, 9.17) is 4.74 Å². The van der Waals surface area contributed by atoms with E-state index in [1.54, 1.807) is 18.6 Å². The summed E-state index contributed by atoms with van der Waals surface area (Å²) in [6.07, 6.45) is 6.07. The Morgan fingerprint density at radius 2 is 1.90 bits per heavy atom. The smallest absolute Gasteiger partial charge is 0.224 e. The minimum Gasteiger partial charge on any atom is -0.492 e. The van der Waals surface area contributed by atoms with E-state index in [0.717, 1.165) is 31.0 Å². The van der Waals surface area contributed by atoms with Crippen LogP contribution in [-0.4, -0.2) is 59.5 Å². The average molecular weight is 426 g/mol. The van der Waals surface area contributed by atoms with E-state index in [1.807, 2.05) is 31.2 Å². The molecule has 2 aromatic rings. The fourth-order valence-corrected chi connectivity index (χ4v) is 3.81. The van der Waals surface area contributed by atoms with Crippen LogP contribution in [0.1, 0.15) is 24.6 Å². The molecule has 0 aliphatic carbocycles. The predicted molar refractivity (Wildman–Crippen MR) is 117 cm³/mol. The second-order valence-electron chi connectivity index (χ2n) is 8.07. The van der Waals surface area contributed by atoms with Crippen LogP contribution in [0.15, 0.2) is 42.9 Å². The molecular weight excluding hydrogens is 394 g/mol. The zero-order valence-corrected chi connectivity index (χ0v) is 18.2. The first-order chi connectivity index (χ1) is 15.0. The molecule has 166 valence electrons. The Balaban J connectivity index is 1.59. The third kappa shape index (κ3) is 7.64. The summed E-state index contributed by atoms with van der Waals surface area (Å²) < 4.78 is 5.97. The molecule has 0 unspecified atom stereocenters. The van der Waals surface area contributed by atoms with E-state index < -0.39 is 0 Å². The molecular formula is C23H31N5O3. The number of pyridine rings is 2. The molecule has 3 heterocycles. The number of hydrogen-bond donors (Lipinski definition) is 2. The highest BCUT2D eigenvalue weighted by Gasteiger charge is 2.32. The van der Waals surface area contributed by atoms with Crippen molar-refractivity contribution in [1.29, 1.82) is 0 Å². The van der Waals surface area contributed by atoms with Crippen molar-refractivity contribution in [2.45, 2.75) is 26.8 Å². The molecule has 1 aliphatic rings. The summed E-state index contributed by atoms with van der Waals surface area (Å²) in [5.74, 6) is 0.763. The highest BCUT2D eigenvalue weighted by molar-refractivity contribution is 5.79. The highest BCUT2D eigenvalue weighted by Crippen LogP contribution is 2.25. The molecule has 0 radical (unpaired) electrons. The van der Waals surface area contributed by atoms with Crippen LogP contribution in [0.2, 0.25) is 0 Å². The van der Waals surface area contributed by atoms with Gasteiger partial charge in [0, 0.05) is 63.7 Å². The molecule has 3 rings (SSSR count). The molecule has 0 spiro atoms. The lowest BCUT2D eigenvalue weighted by atomic mass is 9.88. The summed E-state index contributed by atoms with van der Waals surface area (Å²) in [5.41, 5.74) is 2.12. The van der Waals surface area contributed by atoms with Crippen molar-refractivity contribution in [3.63, 3.8) is 0 Å². The van der Waals surface area contributed by atoms with Gasteiger partial charge in [-0.05, 0) is 43.2 Å². The van der Waals surface area contributed by atoms with Crippen LogP contribution in [-0.2, 0) is 16.1 Å². The number of piperidine rings is 1. The maximum absolute atomic E-state index is 12.8. The fraction of sp³-hybridized carbons (Fsp3) is 0.478. The van der Waals surface area contributed by atoms with Gasteiger partial charge in [0.1, 0.15) is 5.75 Å². The second-order valence-corrected chi connectivity index (χ2v) is 8.07. The zero-order valence-electron chi connectivity index (χ0n) is 18.2. The van der Waals surface area contributed by atoms with Gasteiger partial charge >= 0.3 is 0 Å². The van der Waals surface area contributed by atoms with Crippen LogP contribution < -0.4 is 15.4 Å². The van der Waals surface area contributed by atoms with E-state index in [0.29, 0.717) is 26.2 Å². The van der Waals surface area contributed by atoms with E-state index >= 15 is 0 Å². The normalized spacial score (nSPS) is 18.9. The Morgan fingerprint density at radius 3 is 2.61 bits per heavy atom. The fourth-order valence-electron chi connectivity index (χ4n) is 3.81.